The van der Waals surface area contributed by atoms with Gasteiger partial charge in [0.05, 0.1) is 25.3 Å². The van der Waals surface area contributed by atoms with Gasteiger partial charge in [0.2, 0.25) is 0 Å². The molecule has 136 valence electrons. The molecule has 5 nitrogen and oxygen atoms in total. The second-order valence-corrected chi connectivity index (χ2v) is 6.37. The van der Waals surface area contributed by atoms with Crippen molar-refractivity contribution in [2.75, 3.05) is 51.3 Å². The Hall–Kier alpha value is -2.71. The molecule has 0 aliphatic carbocycles. The maximum absolute atomic E-state index is 8.80. The lowest BCUT2D eigenvalue weighted by molar-refractivity contribution is 0.224. The summed E-state index contributed by atoms with van der Waals surface area (Å²) in [5.74, 6) is 1.73. The van der Waals surface area contributed by atoms with Crippen LogP contribution in [0.1, 0.15) is 12.0 Å². The van der Waals surface area contributed by atoms with Crippen molar-refractivity contribution in [3.05, 3.63) is 54.1 Å². The third-order valence-electron chi connectivity index (χ3n) is 4.66. The van der Waals surface area contributed by atoms with Crippen molar-refractivity contribution in [2.24, 2.45) is 0 Å². The van der Waals surface area contributed by atoms with Crippen LogP contribution in [0.2, 0.25) is 0 Å². The van der Waals surface area contributed by atoms with Gasteiger partial charge in [-0.2, -0.15) is 5.26 Å². The molecule has 3 rings (SSSR count). The molecule has 1 heterocycles. The molecule has 1 fully saturated rings. The van der Waals surface area contributed by atoms with E-state index in [1.165, 1.54) is 5.69 Å². The van der Waals surface area contributed by atoms with E-state index in [-0.39, 0.29) is 0 Å². The number of anilines is 1. The van der Waals surface area contributed by atoms with Gasteiger partial charge in [-0.3, -0.25) is 4.90 Å². The van der Waals surface area contributed by atoms with Gasteiger partial charge in [-0.25, -0.2) is 0 Å². The van der Waals surface area contributed by atoms with Crippen LogP contribution in [0.4, 0.5) is 5.69 Å². The number of ether oxygens (including phenoxy) is 2. The Morgan fingerprint density at radius 1 is 1.00 bits per heavy atom. The number of rotatable bonds is 7. The van der Waals surface area contributed by atoms with Crippen LogP contribution >= 0.6 is 0 Å². The highest BCUT2D eigenvalue weighted by molar-refractivity contribution is 5.51. The van der Waals surface area contributed by atoms with Crippen molar-refractivity contribution in [1.29, 1.82) is 5.26 Å². The molecule has 0 radical (unpaired) electrons. The lowest BCUT2D eigenvalue weighted by atomic mass is 10.2. The molecule has 5 heteroatoms. The van der Waals surface area contributed by atoms with E-state index < -0.39 is 0 Å². The van der Waals surface area contributed by atoms with Crippen molar-refractivity contribution in [3.8, 4) is 17.6 Å². The van der Waals surface area contributed by atoms with Crippen molar-refractivity contribution >= 4 is 5.69 Å². The highest BCUT2D eigenvalue weighted by Gasteiger charge is 2.17. The second-order valence-electron chi connectivity index (χ2n) is 6.37. The predicted molar refractivity (Wildman–Crippen MR) is 103 cm³/mol. The van der Waals surface area contributed by atoms with E-state index >= 15 is 0 Å². The largest absolute Gasteiger partial charge is 0.497 e. The second kappa shape index (κ2) is 9.12. The average Bonchev–Trinajstić information content (AvgIpc) is 2.72. The molecule has 1 saturated heterocycles. The Labute approximate surface area is 155 Å². The first-order chi connectivity index (χ1) is 12.8. The summed E-state index contributed by atoms with van der Waals surface area (Å²) < 4.78 is 11.1. The molecule has 0 bridgehead atoms. The van der Waals surface area contributed by atoms with Crippen LogP contribution in [0.3, 0.4) is 0 Å². The Bertz CT molecular complexity index is 732. The van der Waals surface area contributed by atoms with Crippen LogP contribution in [0.25, 0.3) is 0 Å². The lowest BCUT2D eigenvalue weighted by Gasteiger charge is -2.36. The Kier molecular flexibility index (Phi) is 6.34. The summed E-state index contributed by atoms with van der Waals surface area (Å²) in [4.78, 5) is 4.89. The van der Waals surface area contributed by atoms with Crippen LogP contribution < -0.4 is 14.4 Å². The Balaban J connectivity index is 1.36. The standard InChI is InChI=1S/C21H25N3O2/c1-25-21-5-2-4-19(16-21)24-13-11-23(12-14-24)10-3-15-26-20-8-6-18(17-22)7-9-20/h2,4-9,16H,3,10-15H2,1H3. The topological polar surface area (TPSA) is 48.7 Å². The van der Waals surface area contributed by atoms with E-state index in [0.29, 0.717) is 12.2 Å². The van der Waals surface area contributed by atoms with Crippen molar-refractivity contribution in [3.63, 3.8) is 0 Å². The van der Waals surface area contributed by atoms with E-state index in [1.807, 2.05) is 24.3 Å². The molecule has 0 unspecified atom stereocenters. The quantitative estimate of drug-likeness (QED) is 0.717. The van der Waals surface area contributed by atoms with Gasteiger partial charge in [0.1, 0.15) is 11.5 Å². The van der Waals surface area contributed by atoms with E-state index in [1.54, 1.807) is 19.2 Å². The highest BCUT2D eigenvalue weighted by Crippen LogP contribution is 2.22. The maximum Gasteiger partial charge on any atom is 0.120 e. The number of hydrogen-bond acceptors (Lipinski definition) is 5. The van der Waals surface area contributed by atoms with Gasteiger partial charge >= 0.3 is 0 Å². The monoisotopic (exact) mass is 351 g/mol. The molecule has 0 atom stereocenters. The van der Waals surface area contributed by atoms with E-state index in [9.17, 15) is 0 Å². The SMILES string of the molecule is COc1cccc(N2CCN(CCCOc3ccc(C#N)cc3)CC2)c1. The van der Waals surface area contributed by atoms with Crippen LogP contribution in [0.5, 0.6) is 11.5 Å². The van der Waals surface area contributed by atoms with Gasteiger partial charge in [-0.1, -0.05) is 6.07 Å². The molecule has 2 aromatic carbocycles. The minimum atomic E-state index is 0.659. The summed E-state index contributed by atoms with van der Waals surface area (Å²) in [6, 6.07) is 17.7. The van der Waals surface area contributed by atoms with E-state index in [2.05, 4.69) is 28.0 Å². The third-order valence-corrected chi connectivity index (χ3v) is 4.66. The van der Waals surface area contributed by atoms with Gasteiger partial charge in [0.15, 0.2) is 0 Å². The first-order valence-corrected chi connectivity index (χ1v) is 9.03. The molecule has 0 amide bonds. The highest BCUT2D eigenvalue weighted by atomic mass is 16.5. The van der Waals surface area contributed by atoms with Gasteiger partial charge in [0.25, 0.3) is 0 Å². The number of nitriles is 1. The summed E-state index contributed by atoms with van der Waals surface area (Å²) >= 11 is 0. The minimum absolute atomic E-state index is 0.659. The summed E-state index contributed by atoms with van der Waals surface area (Å²) in [5.41, 5.74) is 1.89. The first-order valence-electron chi connectivity index (χ1n) is 9.03. The number of hydrogen-bond donors (Lipinski definition) is 0. The zero-order valence-electron chi connectivity index (χ0n) is 15.2. The summed E-state index contributed by atoms with van der Waals surface area (Å²) in [7, 11) is 1.71. The molecule has 1 aliphatic heterocycles. The van der Waals surface area contributed by atoms with Crippen LogP contribution in [0.15, 0.2) is 48.5 Å². The number of methoxy groups -OCH3 is 1. The average molecular weight is 351 g/mol. The van der Waals surface area contributed by atoms with E-state index in [0.717, 1.165) is 50.6 Å². The normalized spacial score (nSPS) is 14.7. The minimum Gasteiger partial charge on any atom is -0.497 e. The van der Waals surface area contributed by atoms with E-state index in [4.69, 9.17) is 14.7 Å². The fraction of sp³-hybridized carbons (Fsp3) is 0.381. The third kappa shape index (κ3) is 4.90. The molecule has 0 N–H and O–H groups in total. The number of benzene rings is 2. The Morgan fingerprint density at radius 3 is 2.46 bits per heavy atom. The number of nitrogens with zero attached hydrogens (tertiary/aromatic N) is 3. The zero-order valence-corrected chi connectivity index (χ0v) is 15.2. The molecule has 0 spiro atoms. The van der Waals surface area contributed by atoms with Gasteiger partial charge in [-0.05, 0) is 42.8 Å². The molecular formula is C21H25N3O2. The first kappa shape index (κ1) is 18.1. The molecular weight excluding hydrogens is 326 g/mol. The Morgan fingerprint density at radius 2 is 1.77 bits per heavy atom. The van der Waals surface area contributed by atoms with Crippen molar-refractivity contribution in [2.45, 2.75) is 6.42 Å². The fourth-order valence-corrected chi connectivity index (χ4v) is 3.14. The predicted octanol–water partition coefficient (Wildman–Crippen LogP) is 3.16. The molecule has 1 aliphatic rings. The summed E-state index contributed by atoms with van der Waals surface area (Å²) in [6.45, 7) is 5.93. The van der Waals surface area contributed by atoms with Crippen molar-refractivity contribution in [1.82, 2.24) is 4.90 Å². The summed E-state index contributed by atoms with van der Waals surface area (Å²) in [5, 5.41) is 8.80. The van der Waals surface area contributed by atoms with Gasteiger partial charge in [0, 0.05) is 44.5 Å². The van der Waals surface area contributed by atoms with Crippen molar-refractivity contribution < 1.29 is 9.47 Å². The number of piperazine rings is 1. The maximum atomic E-state index is 8.80. The smallest absolute Gasteiger partial charge is 0.120 e. The van der Waals surface area contributed by atoms with Crippen LogP contribution in [-0.4, -0.2) is 51.3 Å². The lowest BCUT2D eigenvalue weighted by Crippen LogP contribution is -2.46. The van der Waals surface area contributed by atoms with Gasteiger partial charge in [-0.15, -0.1) is 0 Å². The summed E-state index contributed by atoms with van der Waals surface area (Å²) in [6.07, 6.45) is 0.999. The van der Waals surface area contributed by atoms with Crippen LogP contribution in [0, 0.1) is 11.3 Å². The fourth-order valence-electron chi connectivity index (χ4n) is 3.14. The molecule has 2 aromatic rings. The molecule has 0 aromatic heterocycles. The zero-order chi connectivity index (χ0) is 18.2. The molecule has 0 saturated carbocycles. The van der Waals surface area contributed by atoms with Crippen LogP contribution in [-0.2, 0) is 0 Å². The molecule has 26 heavy (non-hydrogen) atoms. The van der Waals surface area contributed by atoms with Gasteiger partial charge < -0.3 is 14.4 Å².